The molecule has 0 aliphatic rings. The molecule has 122 valence electrons. The first-order chi connectivity index (χ1) is 11.1. The molecule has 23 heavy (non-hydrogen) atoms. The smallest absolute Gasteiger partial charge is 0.230 e. The molecule has 2 aromatic carbocycles. The van der Waals surface area contributed by atoms with Crippen LogP contribution in [0.3, 0.4) is 0 Å². The van der Waals surface area contributed by atoms with Gasteiger partial charge in [0.15, 0.2) is 0 Å². The summed E-state index contributed by atoms with van der Waals surface area (Å²) in [6.07, 6.45) is 0. The van der Waals surface area contributed by atoms with Crippen LogP contribution in [0.2, 0.25) is 0 Å². The molecule has 3 nitrogen and oxygen atoms in total. The van der Waals surface area contributed by atoms with Crippen LogP contribution >= 0.6 is 11.8 Å². The Morgan fingerprint density at radius 3 is 2.39 bits per heavy atom. The first-order valence-electron chi connectivity index (χ1n) is 7.42. The second-order valence-electron chi connectivity index (χ2n) is 5.44. The normalized spacial score (nSPS) is 12.2. The van der Waals surface area contributed by atoms with Crippen molar-refractivity contribution in [2.45, 2.75) is 10.9 Å². The summed E-state index contributed by atoms with van der Waals surface area (Å²) in [6, 6.07) is 16.4. The third-order valence-corrected chi connectivity index (χ3v) is 4.50. The Balaban J connectivity index is 1.83. The fourth-order valence-electron chi connectivity index (χ4n) is 2.21. The summed E-state index contributed by atoms with van der Waals surface area (Å²) in [6.45, 7) is 0.555. The van der Waals surface area contributed by atoms with E-state index in [9.17, 15) is 9.18 Å². The zero-order valence-corrected chi connectivity index (χ0v) is 14.1. The van der Waals surface area contributed by atoms with Crippen LogP contribution in [-0.4, -0.2) is 37.2 Å². The Morgan fingerprint density at radius 1 is 1.13 bits per heavy atom. The molecule has 1 N–H and O–H groups in total. The minimum Gasteiger partial charge on any atom is -0.353 e. The monoisotopic (exact) mass is 332 g/mol. The Kier molecular flexibility index (Phi) is 6.62. The van der Waals surface area contributed by atoms with Gasteiger partial charge in [0.2, 0.25) is 5.91 Å². The molecule has 0 fully saturated rings. The average Bonchev–Trinajstić information content (AvgIpc) is 2.55. The van der Waals surface area contributed by atoms with E-state index in [-0.39, 0.29) is 17.8 Å². The van der Waals surface area contributed by atoms with E-state index >= 15 is 0 Å². The van der Waals surface area contributed by atoms with E-state index in [2.05, 4.69) is 22.3 Å². The molecule has 0 saturated carbocycles. The topological polar surface area (TPSA) is 32.3 Å². The summed E-state index contributed by atoms with van der Waals surface area (Å²) in [5, 5.41) is 2.97. The van der Waals surface area contributed by atoms with Crippen molar-refractivity contribution < 1.29 is 9.18 Å². The zero-order valence-electron chi connectivity index (χ0n) is 13.3. The Labute approximate surface area is 140 Å². The van der Waals surface area contributed by atoms with Gasteiger partial charge >= 0.3 is 0 Å². The van der Waals surface area contributed by atoms with Gasteiger partial charge in [0, 0.05) is 11.4 Å². The highest BCUT2D eigenvalue weighted by Gasteiger charge is 2.14. The first-order valence-corrected chi connectivity index (χ1v) is 8.41. The van der Waals surface area contributed by atoms with Crippen LogP contribution in [0.1, 0.15) is 11.6 Å². The van der Waals surface area contributed by atoms with E-state index in [0.29, 0.717) is 12.3 Å². The highest BCUT2D eigenvalue weighted by molar-refractivity contribution is 8.00. The summed E-state index contributed by atoms with van der Waals surface area (Å²) in [7, 11) is 3.99. The first kappa shape index (κ1) is 17.5. The van der Waals surface area contributed by atoms with Crippen molar-refractivity contribution >= 4 is 17.7 Å². The number of carbonyl (C=O) groups excluding carboxylic acids is 1. The van der Waals surface area contributed by atoms with Gasteiger partial charge in [-0.25, -0.2) is 4.39 Å². The number of likely N-dealkylation sites (N-methyl/N-ethyl adjacent to an activating group) is 1. The number of carbonyl (C=O) groups is 1. The van der Waals surface area contributed by atoms with Gasteiger partial charge in [0.25, 0.3) is 0 Å². The lowest BCUT2D eigenvalue weighted by Gasteiger charge is -2.25. The van der Waals surface area contributed by atoms with Crippen molar-refractivity contribution in [3.8, 4) is 0 Å². The van der Waals surface area contributed by atoms with Crippen molar-refractivity contribution in [3.63, 3.8) is 0 Å². The molecule has 5 heteroatoms. The van der Waals surface area contributed by atoms with Gasteiger partial charge in [0.1, 0.15) is 5.82 Å². The van der Waals surface area contributed by atoms with Gasteiger partial charge in [-0.1, -0.05) is 30.3 Å². The number of hydrogen-bond acceptors (Lipinski definition) is 3. The van der Waals surface area contributed by atoms with Crippen molar-refractivity contribution in [1.82, 2.24) is 10.2 Å². The van der Waals surface area contributed by atoms with E-state index in [0.717, 1.165) is 4.90 Å². The lowest BCUT2D eigenvalue weighted by Crippen LogP contribution is -2.35. The molecule has 1 atom stereocenters. The zero-order chi connectivity index (χ0) is 16.7. The maximum atomic E-state index is 12.8. The maximum Gasteiger partial charge on any atom is 0.230 e. The number of rotatable bonds is 7. The molecule has 1 amide bonds. The lowest BCUT2D eigenvalue weighted by molar-refractivity contribution is -0.118. The number of nitrogens with zero attached hydrogens (tertiary/aromatic N) is 1. The molecule has 0 aliphatic heterocycles. The maximum absolute atomic E-state index is 12.8. The van der Waals surface area contributed by atoms with Gasteiger partial charge in [-0.3, -0.25) is 4.79 Å². The second kappa shape index (κ2) is 8.70. The summed E-state index contributed by atoms with van der Waals surface area (Å²) >= 11 is 1.40. The number of halogens is 1. The van der Waals surface area contributed by atoms with Gasteiger partial charge < -0.3 is 10.2 Å². The van der Waals surface area contributed by atoms with E-state index in [1.54, 1.807) is 12.1 Å². The van der Waals surface area contributed by atoms with Gasteiger partial charge in [-0.05, 0) is 43.9 Å². The Hall–Kier alpha value is -1.85. The molecule has 2 rings (SSSR count). The fourth-order valence-corrected chi connectivity index (χ4v) is 2.94. The Morgan fingerprint density at radius 2 is 1.78 bits per heavy atom. The van der Waals surface area contributed by atoms with E-state index in [1.807, 2.05) is 32.3 Å². The minimum absolute atomic E-state index is 0.0258. The molecule has 0 aromatic heterocycles. The van der Waals surface area contributed by atoms with Crippen molar-refractivity contribution in [1.29, 1.82) is 0 Å². The van der Waals surface area contributed by atoms with Gasteiger partial charge in [-0.15, -0.1) is 11.8 Å². The number of thioether (sulfide) groups is 1. The quantitative estimate of drug-likeness (QED) is 0.789. The third-order valence-electron chi connectivity index (χ3n) is 3.48. The number of amides is 1. The summed E-state index contributed by atoms with van der Waals surface area (Å²) < 4.78 is 12.8. The molecular weight excluding hydrogens is 311 g/mol. The molecule has 2 aromatic rings. The van der Waals surface area contributed by atoms with Crippen LogP contribution in [0.15, 0.2) is 59.5 Å². The highest BCUT2D eigenvalue weighted by atomic mass is 32.2. The molecule has 0 aliphatic carbocycles. The molecule has 0 spiro atoms. The number of nitrogens with one attached hydrogen (secondary N) is 1. The van der Waals surface area contributed by atoms with E-state index < -0.39 is 0 Å². The van der Waals surface area contributed by atoms with Crippen LogP contribution in [0, 0.1) is 5.82 Å². The number of hydrogen-bond donors (Lipinski definition) is 1. The van der Waals surface area contributed by atoms with Crippen molar-refractivity contribution in [2.75, 3.05) is 26.4 Å². The van der Waals surface area contributed by atoms with Crippen LogP contribution in [0.4, 0.5) is 4.39 Å². The van der Waals surface area contributed by atoms with E-state index in [4.69, 9.17) is 0 Å². The SMILES string of the molecule is CN(C)C(CNC(=O)CSc1ccc(F)cc1)c1ccccc1. The van der Waals surface area contributed by atoms with Gasteiger partial charge in [0.05, 0.1) is 11.8 Å². The molecule has 1 unspecified atom stereocenters. The minimum atomic E-state index is -0.268. The van der Waals surface area contributed by atoms with Crippen LogP contribution < -0.4 is 5.32 Å². The van der Waals surface area contributed by atoms with Crippen molar-refractivity contribution in [2.24, 2.45) is 0 Å². The fraction of sp³-hybridized carbons (Fsp3) is 0.278. The van der Waals surface area contributed by atoms with E-state index in [1.165, 1.54) is 29.5 Å². The largest absolute Gasteiger partial charge is 0.353 e. The second-order valence-corrected chi connectivity index (χ2v) is 6.49. The molecular formula is C18H21FN2OS. The van der Waals surface area contributed by atoms with Gasteiger partial charge in [-0.2, -0.15) is 0 Å². The highest BCUT2D eigenvalue weighted by Crippen LogP contribution is 2.19. The molecule has 0 heterocycles. The Bertz CT molecular complexity index is 617. The molecule has 0 saturated heterocycles. The standard InChI is InChI=1S/C18H21FN2OS/c1-21(2)17(14-6-4-3-5-7-14)12-20-18(22)13-23-16-10-8-15(19)9-11-16/h3-11,17H,12-13H2,1-2H3,(H,20,22). The lowest BCUT2D eigenvalue weighted by atomic mass is 10.1. The average molecular weight is 332 g/mol. The predicted molar refractivity (Wildman–Crippen MR) is 93.0 cm³/mol. The molecule has 0 bridgehead atoms. The van der Waals surface area contributed by atoms with Crippen molar-refractivity contribution in [3.05, 3.63) is 66.0 Å². The predicted octanol–water partition coefficient (Wildman–Crippen LogP) is 3.34. The summed E-state index contributed by atoms with van der Waals surface area (Å²) in [4.78, 5) is 15.0. The number of benzene rings is 2. The third kappa shape index (κ3) is 5.69. The van der Waals surface area contributed by atoms with Crippen LogP contribution in [-0.2, 0) is 4.79 Å². The molecule has 0 radical (unpaired) electrons. The summed E-state index contributed by atoms with van der Waals surface area (Å²) in [5.74, 6) is 0.0261. The van der Waals surface area contributed by atoms with Crippen LogP contribution in [0.25, 0.3) is 0 Å². The summed E-state index contributed by atoms with van der Waals surface area (Å²) in [5.41, 5.74) is 1.17. The van der Waals surface area contributed by atoms with Crippen LogP contribution in [0.5, 0.6) is 0 Å².